The third kappa shape index (κ3) is 7.33. The summed E-state index contributed by atoms with van der Waals surface area (Å²) in [5.41, 5.74) is 2.58. The van der Waals surface area contributed by atoms with Crippen LogP contribution in [0.15, 0.2) is 42.5 Å². The number of ether oxygens (including phenoxy) is 1. The van der Waals surface area contributed by atoms with Crippen molar-refractivity contribution in [3.05, 3.63) is 48.0 Å². The molecule has 0 aliphatic rings. The van der Waals surface area contributed by atoms with Gasteiger partial charge < -0.3 is 4.74 Å². The summed E-state index contributed by atoms with van der Waals surface area (Å²) >= 11 is 0. The molecule has 0 bridgehead atoms. The molecule has 19 heavy (non-hydrogen) atoms. The Morgan fingerprint density at radius 1 is 1.21 bits per heavy atom. The minimum atomic E-state index is -0.978. The lowest BCUT2D eigenvalue weighted by molar-refractivity contribution is 0.120. The van der Waals surface area contributed by atoms with Crippen LogP contribution >= 0.6 is 0 Å². The zero-order chi connectivity index (χ0) is 14.3. The van der Waals surface area contributed by atoms with E-state index in [0.717, 1.165) is 19.6 Å². The first-order valence-corrected chi connectivity index (χ1v) is 10.9. The number of rotatable bonds is 8. The Balaban J connectivity index is 2.40. The predicted octanol–water partition coefficient (Wildman–Crippen LogP) is 4.78. The monoisotopic (exact) mass is 276 g/mol. The number of hydrogen-bond acceptors (Lipinski definition) is 1. The van der Waals surface area contributed by atoms with E-state index in [-0.39, 0.29) is 0 Å². The molecule has 0 saturated heterocycles. The largest absolute Gasteiger partial charge is 0.381 e. The summed E-state index contributed by atoms with van der Waals surface area (Å²) in [5, 5.41) is 0. The molecule has 0 fully saturated rings. The second kappa shape index (κ2) is 7.66. The van der Waals surface area contributed by atoms with Crippen LogP contribution in [0.5, 0.6) is 0 Å². The van der Waals surface area contributed by atoms with Crippen LogP contribution < -0.4 is 0 Å². The minimum absolute atomic E-state index is 0.434. The predicted molar refractivity (Wildman–Crippen MR) is 87.4 cm³/mol. The molecule has 1 rings (SSSR count). The Morgan fingerprint density at radius 2 is 1.84 bits per heavy atom. The van der Waals surface area contributed by atoms with Gasteiger partial charge in [-0.2, -0.15) is 0 Å². The quantitative estimate of drug-likeness (QED) is 0.377. The van der Waals surface area contributed by atoms with Crippen molar-refractivity contribution in [2.45, 2.75) is 39.0 Å². The Kier molecular flexibility index (Phi) is 6.53. The highest BCUT2D eigenvalue weighted by atomic mass is 28.3. The van der Waals surface area contributed by atoms with Crippen LogP contribution in [-0.4, -0.2) is 21.3 Å². The lowest BCUT2D eigenvalue weighted by Gasteiger charge is -2.20. The van der Waals surface area contributed by atoms with Gasteiger partial charge in [-0.1, -0.05) is 62.1 Å². The average molecular weight is 276 g/mol. The summed E-state index contributed by atoms with van der Waals surface area (Å²) in [6.07, 6.45) is 1.03. The van der Waals surface area contributed by atoms with Gasteiger partial charge >= 0.3 is 0 Å². The fourth-order valence-electron chi connectivity index (χ4n) is 1.88. The van der Waals surface area contributed by atoms with E-state index >= 15 is 0 Å². The summed E-state index contributed by atoms with van der Waals surface area (Å²) in [6, 6.07) is 11.8. The second-order valence-electron chi connectivity index (χ2n) is 6.62. The summed E-state index contributed by atoms with van der Waals surface area (Å²) in [6.45, 7) is 15.1. The van der Waals surface area contributed by atoms with E-state index in [1.165, 1.54) is 17.2 Å². The van der Waals surface area contributed by atoms with Gasteiger partial charge in [-0.3, -0.25) is 0 Å². The van der Waals surface area contributed by atoms with E-state index in [1.807, 2.05) is 0 Å². The molecule has 0 N–H and O–H groups in total. The summed E-state index contributed by atoms with van der Waals surface area (Å²) < 4.78 is 5.88. The summed E-state index contributed by atoms with van der Waals surface area (Å²) in [5.74, 6) is 0.434. The van der Waals surface area contributed by atoms with Crippen molar-refractivity contribution < 1.29 is 4.74 Å². The van der Waals surface area contributed by atoms with Gasteiger partial charge in [0.25, 0.3) is 0 Å². The van der Waals surface area contributed by atoms with Crippen molar-refractivity contribution in [2.24, 2.45) is 5.92 Å². The Bertz CT molecular complexity index is 378. The highest BCUT2D eigenvalue weighted by Crippen LogP contribution is 2.17. The Labute approximate surface area is 119 Å². The zero-order valence-electron chi connectivity index (χ0n) is 12.9. The lowest BCUT2D eigenvalue weighted by atomic mass is 9.94. The third-order valence-corrected chi connectivity index (χ3v) is 5.04. The van der Waals surface area contributed by atoms with Gasteiger partial charge in [0.2, 0.25) is 0 Å². The maximum atomic E-state index is 5.88. The molecule has 0 amide bonds. The molecule has 1 atom stereocenters. The SMILES string of the molecule is C=C(C)[C@H](COCC[Si](C)(C)C)Cc1ccccc1. The maximum Gasteiger partial charge on any atom is 0.0534 e. The van der Waals surface area contributed by atoms with E-state index in [4.69, 9.17) is 4.74 Å². The van der Waals surface area contributed by atoms with Crippen LogP contribution in [0.4, 0.5) is 0 Å². The van der Waals surface area contributed by atoms with Crippen molar-refractivity contribution in [3.63, 3.8) is 0 Å². The van der Waals surface area contributed by atoms with Gasteiger partial charge in [-0.25, -0.2) is 0 Å². The van der Waals surface area contributed by atoms with Crippen molar-refractivity contribution in [1.29, 1.82) is 0 Å². The molecule has 0 aliphatic carbocycles. The van der Waals surface area contributed by atoms with E-state index in [1.54, 1.807) is 0 Å². The number of benzene rings is 1. The van der Waals surface area contributed by atoms with Crippen LogP contribution in [0.25, 0.3) is 0 Å². The lowest BCUT2D eigenvalue weighted by Crippen LogP contribution is -2.23. The molecule has 1 nitrogen and oxygen atoms in total. The minimum Gasteiger partial charge on any atom is -0.381 e. The smallest absolute Gasteiger partial charge is 0.0534 e. The molecule has 106 valence electrons. The molecule has 0 aliphatic heterocycles. The van der Waals surface area contributed by atoms with Crippen LogP contribution in [0.1, 0.15) is 12.5 Å². The third-order valence-electron chi connectivity index (χ3n) is 3.34. The highest BCUT2D eigenvalue weighted by Gasteiger charge is 2.14. The van der Waals surface area contributed by atoms with E-state index in [9.17, 15) is 0 Å². The summed E-state index contributed by atoms with van der Waals surface area (Å²) in [4.78, 5) is 0. The van der Waals surface area contributed by atoms with Gasteiger partial charge in [0.1, 0.15) is 0 Å². The first-order chi connectivity index (χ1) is 8.88. The van der Waals surface area contributed by atoms with Gasteiger partial charge in [0.05, 0.1) is 6.61 Å². The van der Waals surface area contributed by atoms with Gasteiger partial charge in [0, 0.05) is 20.6 Å². The van der Waals surface area contributed by atoms with E-state index in [0.29, 0.717) is 5.92 Å². The normalized spacial score (nSPS) is 13.3. The Hall–Kier alpha value is -0.863. The fraction of sp³-hybridized carbons (Fsp3) is 0.529. The van der Waals surface area contributed by atoms with Gasteiger partial charge in [-0.05, 0) is 25.0 Å². The van der Waals surface area contributed by atoms with Crippen LogP contribution in [-0.2, 0) is 11.2 Å². The van der Waals surface area contributed by atoms with Crippen LogP contribution in [0.3, 0.4) is 0 Å². The average Bonchev–Trinajstić information content (AvgIpc) is 2.33. The summed E-state index contributed by atoms with van der Waals surface area (Å²) in [7, 11) is -0.978. The Morgan fingerprint density at radius 3 is 2.37 bits per heavy atom. The molecule has 0 heterocycles. The fourth-order valence-corrected chi connectivity index (χ4v) is 2.63. The first kappa shape index (κ1) is 16.2. The maximum absolute atomic E-state index is 5.88. The van der Waals surface area contributed by atoms with E-state index in [2.05, 4.69) is 63.5 Å². The molecule has 0 aromatic heterocycles. The molecular weight excluding hydrogens is 248 g/mol. The molecule has 0 saturated carbocycles. The van der Waals surface area contributed by atoms with Crippen LogP contribution in [0, 0.1) is 5.92 Å². The molecule has 1 aromatic rings. The molecule has 0 unspecified atom stereocenters. The number of hydrogen-bond donors (Lipinski definition) is 0. The highest BCUT2D eigenvalue weighted by molar-refractivity contribution is 6.76. The van der Waals surface area contributed by atoms with Crippen molar-refractivity contribution in [1.82, 2.24) is 0 Å². The van der Waals surface area contributed by atoms with Crippen molar-refractivity contribution >= 4 is 8.07 Å². The molecule has 2 heteroatoms. The topological polar surface area (TPSA) is 9.23 Å². The first-order valence-electron chi connectivity index (χ1n) is 7.15. The standard InChI is InChI=1S/C17H28OSi/c1-15(2)17(13-16-9-7-6-8-10-16)14-18-11-12-19(3,4)5/h6-10,17H,1,11-14H2,2-5H3/t17-/m0/s1. The van der Waals surface area contributed by atoms with Crippen molar-refractivity contribution in [3.8, 4) is 0 Å². The zero-order valence-corrected chi connectivity index (χ0v) is 13.9. The van der Waals surface area contributed by atoms with Crippen LogP contribution in [0.2, 0.25) is 25.7 Å². The molecular formula is C17H28OSi. The second-order valence-corrected chi connectivity index (χ2v) is 12.2. The molecule has 1 aromatic carbocycles. The van der Waals surface area contributed by atoms with E-state index < -0.39 is 8.07 Å². The molecule has 0 spiro atoms. The molecule has 0 radical (unpaired) electrons. The van der Waals surface area contributed by atoms with Gasteiger partial charge in [0.15, 0.2) is 0 Å². The van der Waals surface area contributed by atoms with Gasteiger partial charge in [-0.15, -0.1) is 0 Å². The van der Waals surface area contributed by atoms with Crippen molar-refractivity contribution in [2.75, 3.05) is 13.2 Å².